The van der Waals surface area contributed by atoms with E-state index in [4.69, 9.17) is 25.8 Å². The number of hydrogen-bond donors (Lipinski definition) is 2. The predicted octanol–water partition coefficient (Wildman–Crippen LogP) is 1.42. The van der Waals surface area contributed by atoms with Gasteiger partial charge in [0, 0.05) is 37.8 Å². The molecule has 0 radical (unpaired) electrons. The molecule has 0 bridgehead atoms. The van der Waals surface area contributed by atoms with E-state index >= 15 is 0 Å². The zero-order valence-corrected chi connectivity index (χ0v) is 19.2. The number of amides is 1. The first-order valence-electron chi connectivity index (χ1n) is 10.4. The highest BCUT2D eigenvalue weighted by Crippen LogP contribution is 2.35. The van der Waals surface area contributed by atoms with Crippen molar-refractivity contribution in [2.45, 2.75) is 23.8 Å². The van der Waals surface area contributed by atoms with Crippen LogP contribution >= 0.6 is 11.6 Å². The SMILES string of the molecule is O=C(NCC(O)COc1ccc2c(c1)OCO2)C1CCN(S(=O)(=O)c2cccnc2Cl)CC1. The first-order chi connectivity index (χ1) is 15.8. The minimum Gasteiger partial charge on any atom is -0.491 e. The number of fused-ring (bicyclic) bond motifs is 1. The second-order valence-electron chi connectivity index (χ2n) is 7.70. The molecule has 1 aromatic carbocycles. The van der Waals surface area contributed by atoms with Gasteiger partial charge in [0.1, 0.15) is 28.5 Å². The number of piperidine rings is 1. The molecule has 0 saturated carbocycles. The average molecular weight is 498 g/mol. The van der Waals surface area contributed by atoms with Gasteiger partial charge < -0.3 is 24.6 Å². The van der Waals surface area contributed by atoms with Gasteiger partial charge in [0.15, 0.2) is 11.5 Å². The number of aromatic nitrogens is 1. The maximum absolute atomic E-state index is 12.8. The second-order valence-corrected chi connectivity index (χ2v) is 9.96. The molecule has 1 saturated heterocycles. The number of halogens is 1. The highest BCUT2D eigenvalue weighted by atomic mass is 35.5. The van der Waals surface area contributed by atoms with Crippen LogP contribution < -0.4 is 19.5 Å². The molecule has 1 aromatic heterocycles. The quantitative estimate of drug-likeness (QED) is 0.524. The van der Waals surface area contributed by atoms with Crippen LogP contribution in [0.5, 0.6) is 17.2 Å². The number of hydrogen-bond acceptors (Lipinski definition) is 8. The third kappa shape index (κ3) is 5.49. The maximum Gasteiger partial charge on any atom is 0.246 e. The van der Waals surface area contributed by atoms with Gasteiger partial charge in [-0.2, -0.15) is 4.31 Å². The van der Waals surface area contributed by atoms with E-state index in [0.29, 0.717) is 30.1 Å². The Kier molecular flexibility index (Phi) is 7.23. The highest BCUT2D eigenvalue weighted by Gasteiger charge is 2.33. The number of benzene rings is 1. The molecule has 0 aliphatic carbocycles. The van der Waals surface area contributed by atoms with Crippen molar-refractivity contribution in [1.29, 1.82) is 0 Å². The average Bonchev–Trinajstić information content (AvgIpc) is 3.29. The molecule has 2 N–H and O–H groups in total. The molecule has 1 atom stereocenters. The summed E-state index contributed by atoms with van der Waals surface area (Å²) in [6.45, 7) is 0.564. The van der Waals surface area contributed by atoms with E-state index in [-0.39, 0.29) is 54.9 Å². The van der Waals surface area contributed by atoms with Gasteiger partial charge in [-0.25, -0.2) is 13.4 Å². The van der Waals surface area contributed by atoms with Crippen LogP contribution in [0, 0.1) is 5.92 Å². The zero-order chi connectivity index (χ0) is 23.4. The fraction of sp³-hybridized carbons (Fsp3) is 0.429. The maximum atomic E-state index is 12.8. The van der Waals surface area contributed by atoms with Crippen molar-refractivity contribution in [2.75, 3.05) is 33.0 Å². The Morgan fingerprint density at radius 2 is 2.03 bits per heavy atom. The van der Waals surface area contributed by atoms with Crippen molar-refractivity contribution in [3.63, 3.8) is 0 Å². The lowest BCUT2D eigenvalue weighted by Crippen LogP contribution is -2.44. The van der Waals surface area contributed by atoms with Crippen LogP contribution in [0.4, 0.5) is 0 Å². The number of aliphatic hydroxyl groups excluding tert-OH is 1. The molecule has 1 amide bonds. The first kappa shape index (κ1) is 23.6. The van der Waals surface area contributed by atoms with Gasteiger partial charge >= 0.3 is 0 Å². The normalized spacial score (nSPS) is 17.5. The van der Waals surface area contributed by atoms with Gasteiger partial charge in [0.2, 0.25) is 22.7 Å². The smallest absolute Gasteiger partial charge is 0.246 e. The fourth-order valence-electron chi connectivity index (χ4n) is 3.64. The monoisotopic (exact) mass is 497 g/mol. The van der Waals surface area contributed by atoms with E-state index < -0.39 is 16.1 Å². The Balaban J connectivity index is 1.21. The van der Waals surface area contributed by atoms with Crippen molar-refractivity contribution >= 4 is 27.5 Å². The molecular weight excluding hydrogens is 474 g/mol. The highest BCUT2D eigenvalue weighted by molar-refractivity contribution is 7.89. The molecule has 12 heteroatoms. The molecule has 33 heavy (non-hydrogen) atoms. The van der Waals surface area contributed by atoms with Crippen LogP contribution in [-0.2, 0) is 14.8 Å². The Bertz CT molecular complexity index is 1110. The summed E-state index contributed by atoms with van der Waals surface area (Å²) >= 11 is 5.94. The number of ether oxygens (including phenoxy) is 3. The fourth-order valence-corrected chi connectivity index (χ4v) is 5.54. The molecule has 1 fully saturated rings. The number of carbonyl (C=O) groups is 1. The molecule has 1 unspecified atom stereocenters. The number of nitrogens with one attached hydrogen (secondary N) is 1. The van der Waals surface area contributed by atoms with Crippen LogP contribution in [-0.4, -0.2) is 67.9 Å². The lowest BCUT2D eigenvalue weighted by Gasteiger charge is -2.30. The Morgan fingerprint density at radius 1 is 1.27 bits per heavy atom. The van der Waals surface area contributed by atoms with Crippen molar-refractivity contribution in [1.82, 2.24) is 14.6 Å². The summed E-state index contributed by atoms with van der Waals surface area (Å²) < 4.78 is 43.0. The van der Waals surface area contributed by atoms with Crippen molar-refractivity contribution < 1.29 is 32.5 Å². The van der Waals surface area contributed by atoms with Crippen molar-refractivity contribution in [2.24, 2.45) is 5.92 Å². The Labute approximate surface area is 196 Å². The molecule has 2 aromatic rings. The van der Waals surface area contributed by atoms with Crippen LogP contribution in [0.3, 0.4) is 0 Å². The van der Waals surface area contributed by atoms with Crippen LogP contribution in [0.1, 0.15) is 12.8 Å². The van der Waals surface area contributed by atoms with E-state index in [1.165, 1.54) is 22.6 Å². The molecule has 4 rings (SSSR count). The number of rotatable bonds is 8. The van der Waals surface area contributed by atoms with Gasteiger partial charge in [0.25, 0.3) is 0 Å². The number of nitrogens with zero attached hydrogens (tertiary/aromatic N) is 2. The van der Waals surface area contributed by atoms with Crippen LogP contribution in [0.25, 0.3) is 0 Å². The minimum absolute atomic E-state index is 0.0114. The second kappa shape index (κ2) is 10.1. The zero-order valence-electron chi connectivity index (χ0n) is 17.6. The summed E-state index contributed by atoms with van der Waals surface area (Å²) in [5.41, 5.74) is 0. The summed E-state index contributed by atoms with van der Waals surface area (Å²) in [6, 6.07) is 8.03. The molecule has 3 heterocycles. The lowest BCUT2D eigenvalue weighted by molar-refractivity contribution is -0.126. The third-order valence-electron chi connectivity index (χ3n) is 5.47. The number of carbonyl (C=O) groups excluding carboxylic acids is 1. The van der Waals surface area contributed by atoms with Gasteiger partial charge in [0.05, 0.1) is 0 Å². The van der Waals surface area contributed by atoms with E-state index in [9.17, 15) is 18.3 Å². The summed E-state index contributed by atoms with van der Waals surface area (Å²) in [4.78, 5) is 16.3. The summed E-state index contributed by atoms with van der Waals surface area (Å²) in [5.74, 6) is 1.16. The Hall–Kier alpha value is -2.60. The minimum atomic E-state index is -3.77. The van der Waals surface area contributed by atoms with Gasteiger partial charge in [-0.3, -0.25) is 4.79 Å². The first-order valence-corrected chi connectivity index (χ1v) is 12.3. The molecule has 0 spiro atoms. The van der Waals surface area contributed by atoms with Gasteiger partial charge in [-0.05, 0) is 37.1 Å². The third-order valence-corrected chi connectivity index (χ3v) is 7.81. The Morgan fingerprint density at radius 3 is 2.79 bits per heavy atom. The summed E-state index contributed by atoms with van der Waals surface area (Å²) in [5, 5.41) is 12.8. The largest absolute Gasteiger partial charge is 0.491 e. The number of sulfonamides is 1. The number of pyridine rings is 1. The summed E-state index contributed by atoms with van der Waals surface area (Å²) in [7, 11) is -3.77. The van der Waals surface area contributed by atoms with Crippen molar-refractivity contribution in [3.8, 4) is 17.2 Å². The topological polar surface area (TPSA) is 127 Å². The standard InChI is InChI=1S/C21H24ClN3O7S/c22-20-19(2-1-7-23-20)33(28,29)25-8-5-14(6-9-25)21(27)24-11-15(26)12-30-16-3-4-17-18(10-16)32-13-31-17/h1-4,7,10,14-15,26H,5-6,8-9,11-13H2,(H,24,27). The predicted molar refractivity (Wildman–Crippen MR) is 118 cm³/mol. The van der Waals surface area contributed by atoms with Crippen molar-refractivity contribution in [3.05, 3.63) is 41.7 Å². The molecule has 2 aliphatic rings. The lowest BCUT2D eigenvalue weighted by atomic mass is 9.97. The van der Waals surface area contributed by atoms with Crippen LogP contribution in [0.2, 0.25) is 5.15 Å². The summed E-state index contributed by atoms with van der Waals surface area (Å²) in [6.07, 6.45) is 1.25. The number of aliphatic hydroxyl groups is 1. The van der Waals surface area contributed by atoms with E-state index in [1.807, 2.05) is 0 Å². The molecule has 178 valence electrons. The van der Waals surface area contributed by atoms with Crippen LogP contribution in [0.15, 0.2) is 41.4 Å². The van der Waals surface area contributed by atoms with Gasteiger partial charge in [-0.15, -0.1) is 0 Å². The van der Waals surface area contributed by atoms with E-state index in [1.54, 1.807) is 18.2 Å². The van der Waals surface area contributed by atoms with E-state index in [0.717, 1.165) is 0 Å². The molecule has 10 nitrogen and oxygen atoms in total. The molecule has 2 aliphatic heterocycles. The van der Waals surface area contributed by atoms with E-state index in [2.05, 4.69) is 10.3 Å². The molecular formula is C21H24ClN3O7S. The van der Waals surface area contributed by atoms with Gasteiger partial charge in [-0.1, -0.05) is 11.6 Å².